The molecular formula is C12H13NO2. The lowest BCUT2D eigenvalue weighted by Crippen LogP contribution is -2.44. The third-order valence-electron chi connectivity index (χ3n) is 2.65. The summed E-state index contributed by atoms with van der Waals surface area (Å²) in [7, 11) is 0. The zero-order valence-electron chi connectivity index (χ0n) is 8.48. The summed E-state index contributed by atoms with van der Waals surface area (Å²) >= 11 is 0. The van der Waals surface area contributed by atoms with Crippen LogP contribution in [0, 0.1) is 0 Å². The Kier molecular flexibility index (Phi) is 2.81. The molecule has 1 amide bonds. The fourth-order valence-electron chi connectivity index (χ4n) is 1.60. The number of hydrogen-bond acceptors (Lipinski definition) is 2. The molecule has 0 saturated carbocycles. The van der Waals surface area contributed by atoms with Crippen molar-refractivity contribution in [2.45, 2.75) is 12.8 Å². The Morgan fingerprint density at radius 1 is 1.27 bits per heavy atom. The van der Waals surface area contributed by atoms with E-state index in [0.29, 0.717) is 19.4 Å². The second kappa shape index (κ2) is 4.26. The molecule has 1 aliphatic heterocycles. The minimum Gasteiger partial charge on any atom is -0.342 e. The molecule has 0 aliphatic carbocycles. The van der Waals surface area contributed by atoms with E-state index in [4.69, 9.17) is 0 Å². The Morgan fingerprint density at radius 2 is 2.00 bits per heavy atom. The Labute approximate surface area is 88.7 Å². The average molecular weight is 203 g/mol. The number of rotatable bonds is 4. The van der Waals surface area contributed by atoms with E-state index >= 15 is 0 Å². The SMILES string of the molecule is O=C(CCN1CCC1=O)c1ccccc1. The predicted octanol–water partition coefficient (Wildman–Crippen LogP) is 1.49. The Hall–Kier alpha value is -1.64. The summed E-state index contributed by atoms with van der Waals surface area (Å²) in [5, 5.41) is 0. The topological polar surface area (TPSA) is 37.4 Å². The number of hydrogen-bond donors (Lipinski definition) is 0. The lowest BCUT2D eigenvalue weighted by atomic mass is 10.1. The van der Waals surface area contributed by atoms with Gasteiger partial charge in [-0.3, -0.25) is 9.59 Å². The summed E-state index contributed by atoms with van der Waals surface area (Å²) in [5.41, 5.74) is 0.727. The lowest BCUT2D eigenvalue weighted by molar-refractivity contribution is -0.139. The molecular weight excluding hydrogens is 190 g/mol. The molecule has 1 aliphatic rings. The van der Waals surface area contributed by atoms with Crippen molar-refractivity contribution in [1.29, 1.82) is 0 Å². The van der Waals surface area contributed by atoms with Crippen LogP contribution >= 0.6 is 0 Å². The van der Waals surface area contributed by atoms with Gasteiger partial charge in [-0.2, -0.15) is 0 Å². The highest BCUT2D eigenvalue weighted by Crippen LogP contribution is 2.10. The second-order valence-corrected chi connectivity index (χ2v) is 3.67. The monoisotopic (exact) mass is 203 g/mol. The highest BCUT2D eigenvalue weighted by molar-refractivity contribution is 5.96. The van der Waals surface area contributed by atoms with Crippen LogP contribution in [-0.4, -0.2) is 29.7 Å². The van der Waals surface area contributed by atoms with E-state index in [1.807, 2.05) is 18.2 Å². The summed E-state index contributed by atoms with van der Waals surface area (Å²) in [4.78, 5) is 24.4. The van der Waals surface area contributed by atoms with E-state index < -0.39 is 0 Å². The van der Waals surface area contributed by atoms with Crippen LogP contribution in [0.3, 0.4) is 0 Å². The van der Waals surface area contributed by atoms with Gasteiger partial charge in [0.05, 0.1) is 0 Å². The third-order valence-corrected chi connectivity index (χ3v) is 2.65. The molecule has 0 unspecified atom stereocenters. The van der Waals surface area contributed by atoms with Gasteiger partial charge in [0.2, 0.25) is 5.91 Å². The molecule has 1 fully saturated rings. The van der Waals surface area contributed by atoms with Crippen molar-refractivity contribution in [1.82, 2.24) is 4.90 Å². The molecule has 3 nitrogen and oxygen atoms in total. The number of likely N-dealkylation sites (tertiary alicyclic amines) is 1. The first-order valence-corrected chi connectivity index (χ1v) is 5.13. The second-order valence-electron chi connectivity index (χ2n) is 3.67. The van der Waals surface area contributed by atoms with Crippen molar-refractivity contribution in [3.63, 3.8) is 0 Å². The Bertz CT molecular complexity index is 372. The van der Waals surface area contributed by atoms with Crippen LogP contribution in [0.25, 0.3) is 0 Å². The molecule has 0 radical (unpaired) electrons. The van der Waals surface area contributed by atoms with E-state index in [1.165, 1.54) is 0 Å². The summed E-state index contributed by atoms with van der Waals surface area (Å²) in [5.74, 6) is 0.270. The standard InChI is InChI=1S/C12H13NO2/c14-11(10-4-2-1-3-5-10)6-8-13-9-7-12(13)15/h1-5H,6-9H2. The van der Waals surface area contributed by atoms with Crippen LogP contribution in [0.5, 0.6) is 0 Å². The molecule has 1 heterocycles. The normalized spacial score (nSPS) is 14.9. The molecule has 78 valence electrons. The number of β-lactam (4-membered cyclic amide) rings is 1. The minimum absolute atomic E-state index is 0.107. The van der Waals surface area contributed by atoms with Crippen LogP contribution in [0.4, 0.5) is 0 Å². The molecule has 0 N–H and O–H groups in total. The molecule has 1 saturated heterocycles. The number of amides is 1. The van der Waals surface area contributed by atoms with Crippen molar-refractivity contribution in [3.8, 4) is 0 Å². The molecule has 0 aromatic heterocycles. The largest absolute Gasteiger partial charge is 0.342 e. The highest BCUT2D eigenvalue weighted by Gasteiger charge is 2.23. The van der Waals surface area contributed by atoms with E-state index in [2.05, 4.69) is 0 Å². The van der Waals surface area contributed by atoms with E-state index in [0.717, 1.165) is 12.1 Å². The summed E-state index contributed by atoms with van der Waals surface area (Å²) in [6.07, 6.45) is 1.06. The maximum atomic E-state index is 11.7. The minimum atomic E-state index is 0.107. The van der Waals surface area contributed by atoms with Gasteiger partial charge >= 0.3 is 0 Å². The first kappa shape index (κ1) is 9.90. The van der Waals surface area contributed by atoms with Crippen molar-refractivity contribution in [3.05, 3.63) is 35.9 Å². The molecule has 1 aromatic rings. The first-order chi connectivity index (χ1) is 7.27. The van der Waals surface area contributed by atoms with Crippen LogP contribution in [0.2, 0.25) is 0 Å². The highest BCUT2D eigenvalue weighted by atomic mass is 16.2. The van der Waals surface area contributed by atoms with Gasteiger partial charge in [-0.25, -0.2) is 0 Å². The van der Waals surface area contributed by atoms with Gasteiger partial charge in [-0.15, -0.1) is 0 Å². The van der Waals surface area contributed by atoms with Gasteiger partial charge in [0, 0.05) is 31.5 Å². The fraction of sp³-hybridized carbons (Fsp3) is 0.333. The molecule has 0 bridgehead atoms. The van der Waals surface area contributed by atoms with Gasteiger partial charge in [0.15, 0.2) is 5.78 Å². The third kappa shape index (κ3) is 2.24. The van der Waals surface area contributed by atoms with Crippen LogP contribution < -0.4 is 0 Å². The fourth-order valence-corrected chi connectivity index (χ4v) is 1.60. The van der Waals surface area contributed by atoms with Crippen LogP contribution in [0.1, 0.15) is 23.2 Å². The van der Waals surface area contributed by atoms with Crippen molar-refractivity contribution in [2.24, 2.45) is 0 Å². The molecule has 15 heavy (non-hydrogen) atoms. The van der Waals surface area contributed by atoms with Gasteiger partial charge < -0.3 is 4.90 Å². The molecule has 0 spiro atoms. The number of benzene rings is 1. The van der Waals surface area contributed by atoms with Gasteiger partial charge in [0.25, 0.3) is 0 Å². The Morgan fingerprint density at radius 3 is 2.53 bits per heavy atom. The predicted molar refractivity (Wildman–Crippen MR) is 56.6 cm³/mol. The maximum Gasteiger partial charge on any atom is 0.224 e. The van der Waals surface area contributed by atoms with Crippen LogP contribution in [-0.2, 0) is 4.79 Å². The zero-order chi connectivity index (χ0) is 10.7. The van der Waals surface area contributed by atoms with Gasteiger partial charge in [0.1, 0.15) is 0 Å². The molecule has 0 atom stereocenters. The quantitative estimate of drug-likeness (QED) is 0.549. The van der Waals surface area contributed by atoms with Crippen molar-refractivity contribution < 1.29 is 9.59 Å². The average Bonchev–Trinajstić information content (AvgIpc) is 2.28. The number of carbonyl (C=O) groups excluding carboxylic acids is 2. The van der Waals surface area contributed by atoms with Crippen LogP contribution in [0.15, 0.2) is 30.3 Å². The Balaban J connectivity index is 1.85. The zero-order valence-corrected chi connectivity index (χ0v) is 8.48. The first-order valence-electron chi connectivity index (χ1n) is 5.13. The van der Waals surface area contributed by atoms with Gasteiger partial charge in [-0.1, -0.05) is 30.3 Å². The van der Waals surface area contributed by atoms with Crippen molar-refractivity contribution >= 4 is 11.7 Å². The molecule has 3 heteroatoms. The van der Waals surface area contributed by atoms with Gasteiger partial charge in [-0.05, 0) is 0 Å². The molecule has 1 aromatic carbocycles. The number of carbonyl (C=O) groups is 2. The number of Topliss-reactive ketones (excluding diaryl/α,β-unsaturated/α-hetero) is 1. The summed E-state index contributed by atoms with van der Waals surface area (Å²) in [6.45, 7) is 1.37. The smallest absolute Gasteiger partial charge is 0.224 e. The van der Waals surface area contributed by atoms with E-state index in [-0.39, 0.29) is 11.7 Å². The number of nitrogens with zero attached hydrogens (tertiary/aromatic N) is 1. The molecule has 2 rings (SSSR count). The number of ketones is 1. The van der Waals surface area contributed by atoms with Crippen molar-refractivity contribution in [2.75, 3.05) is 13.1 Å². The summed E-state index contributed by atoms with van der Waals surface area (Å²) in [6, 6.07) is 9.19. The van der Waals surface area contributed by atoms with E-state index in [1.54, 1.807) is 17.0 Å². The summed E-state index contributed by atoms with van der Waals surface area (Å²) < 4.78 is 0. The van der Waals surface area contributed by atoms with E-state index in [9.17, 15) is 9.59 Å². The maximum absolute atomic E-state index is 11.7. The lowest BCUT2D eigenvalue weighted by Gasteiger charge is -2.30.